The molecule has 23 heavy (non-hydrogen) atoms. The van der Waals surface area contributed by atoms with Crippen molar-refractivity contribution in [2.45, 2.75) is 38.8 Å². The minimum atomic E-state index is 0.465. The van der Waals surface area contributed by atoms with Crippen LogP contribution >= 0.6 is 0 Å². The molecule has 1 aliphatic rings. The van der Waals surface area contributed by atoms with Crippen LogP contribution in [0.1, 0.15) is 37.3 Å². The Balaban J connectivity index is 1.58. The van der Waals surface area contributed by atoms with E-state index in [1.807, 2.05) is 24.1 Å². The molecule has 1 atom stereocenters. The van der Waals surface area contributed by atoms with Crippen molar-refractivity contribution >= 4 is 5.82 Å². The van der Waals surface area contributed by atoms with Crippen LogP contribution in [-0.2, 0) is 13.6 Å². The van der Waals surface area contributed by atoms with E-state index >= 15 is 0 Å². The van der Waals surface area contributed by atoms with E-state index in [2.05, 4.69) is 59.1 Å². The zero-order valence-electron chi connectivity index (χ0n) is 14.6. The second-order valence-electron chi connectivity index (χ2n) is 6.90. The fourth-order valence-corrected chi connectivity index (χ4v) is 3.14. The largest absolute Gasteiger partial charge is 0.357 e. The maximum atomic E-state index is 4.61. The summed E-state index contributed by atoms with van der Waals surface area (Å²) in [6.45, 7) is 7.60. The molecule has 3 heterocycles. The summed E-state index contributed by atoms with van der Waals surface area (Å²) in [7, 11) is 4.07. The van der Waals surface area contributed by atoms with Crippen molar-refractivity contribution in [1.29, 1.82) is 0 Å². The lowest BCUT2D eigenvalue weighted by molar-refractivity contribution is 0.326. The molecule has 1 fully saturated rings. The highest BCUT2D eigenvalue weighted by Crippen LogP contribution is 2.27. The Morgan fingerprint density at radius 1 is 1.30 bits per heavy atom. The van der Waals surface area contributed by atoms with Gasteiger partial charge in [-0.1, -0.05) is 6.07 Å². The molecule has 1 aliphatic heterocycles. The van der Waals surface area contributed by atoms with Crippen LogP contribution in [0.2, 0.25) is 0 Å². The SMILES string of the molecule is CC(C)N(C)c1ccc(CN2CC[C@@H](c3cnn(C)c3)C2)cn1. The van der Waals surface area contributed by atoms with Crippen LogP contribution in [0.5, 0.6) is 0 Å². The zero-order chi connectivity index (χ0) is 16.4. The molecule has 0 spiro atoms. The van der Waals surface area contributed by atoms with Crippen molar-refractivity contribution in [1.82, 2.24) is 19.7 Å². The third kappa shape index (κ3) is 3.72. The molecule has 2 aromatic rings. The second-order valence-corrected chi connectivity index (χ2v) is 6.90. The van der Waals surface area contributed by atoms with E-state index in [1.54, 1.807) is 0 Å². The van der Waals surface area contributed by atoms with Gasteiger partial charge in [-0.2, -0.15) is 5.10 Å². The number of likely N-dealkylation sites (tertiary alicyclic amines) is 1. The van der Waals surface area contributed by atoms with Crippen molar-refractivity contribution < 1.29 is 0 Å². The molecule has 0 bridgehead atoms. The van der Waals surface area contributed by atoms with Gasteiger partial charge in [0.25, 0.3) is 0 Å². The highest BCUT2D eigenvalue weighted by atomic mass is 15.2. The number of rotatable bonds is 5. The molecule has 0 unspecified atom stereocenters. The Morgan fingerprint density at radius 2 is 2.13 bits per heavy atom. The Bertz CT molecular complexity index is 631. The predicted molar refractivity (Wildman–Crippen MR) is 93.6 cm³/mol. The van der Waals surface area contributed by atoms with Gasteiger partial charge in [-0.05, 0) is 44.0 Å². The van der Waals surface area contributed by atoms with Crippen LogP contribution in [0.4, 0.5) is 5.82 Å². The molecule has 0 aromatic carbocycles. The average Bonchev–Trinajstić information content (AvgIpc) is 3.16. The normalized spacial score (nSPS) is 18.7. The summed E-state index contributed by atoms with van der Waals surface area (Å²) in [5.74, 6) is 1.65. The molecule has 0 amide bonds. The van der Waals surface area contributed by atoms with Crippen molar-refractivity contribution in [3.8, 4) is 0 Å². The summed E-state index contributed by atoms with van der Waals surface area (Å²) >= 11 is 0. The van der Waals surface area contributed by atoms with E-state index in [-0.39, 0.29) is 0 Å². The highest BCUT2D eigenvalue weighted by Gasteiger charge is 2.24. The molecular weight excluding hydrogens is 286 g/mol. The van der Waals surface area contributed by atoms with Crippen molar-refractivity contribution in [3.05, 3.63) is 41.9 Å². The van der Waals surface area contributed by atoms with E-state index in [0.29, 0.717) is 12.0 Å². The van der Waals surface area contributed by atoms with E-state index in [0.717, 1.165) is 25.5 Å². The number of pyridine rings is 1. The summed E-state index contributed by atoms with van der Waals surface area (Å²) in [6, 6.07) is 4.80. The molecule has 5 nitrogen and oxygen atoms in total. The van der Waals surface area contributed by atoms with Crippen LogP contribution < -0.4 is 4.90 Å². The molecule has 124 valence electrons. The van der Waals surface area contributed by atoms with E-state index < -0.39 is 0 Å². The maximum absolute atomic E-state index is 4.61. The molecule has 0 N–H and O–H groups in total. The van der Waals surface area contributed by atoms with Crippen LogP contribution in [0.3, 0.4) is 0 Å². The quantitative estimate of drug-likeness (QED) is 0.850. The average molecular weight is 313 g/mol. The summed E-state index contributed by atoms with van der Waals surface area (Å²) in [4.78, 5) is 9.32. The van der Waals surface area contributed by atoms with Gasteiger partial charge in [0.2, 0.25) is 0 Å². The lowest BCUT2D eigenvalue weighted by Crippen LogP contribution is -2.26. The van der Waals surface area contributed by atoms with Crippen LogP contribution in [-0.4, -0.2) is 45.8 Å². The molecule has 0 saturated carbocycles. The second kappa shape index (κ2) is 6.71. The van der Waals surface area contributed by atoms with Crippen molar-refractivity contribution in [2.24, 2.45) is 7.05 Å². The number of hydrogen-bond donors (Lipinski definition) is 0. The Kier molecular flexibility index (Phi) is 4.66. The highest BCUT2D eigenvalue weighted by molar-refractivity contribution is 5.39. The van der Waals surface area contributed by atoms with E-state index in [4.69, 9.17) is 0 Å². The van der Waals surface area contributed by atoms with Gasteiger partial charge in [0.05, 0.1) is 6.20 Å². The fourth-order valence-electron chi connectivity index (χ4n) is 3.14. The third-order valence-electron chi connectivity index (χ3n) is 4.82. The summed E-state index contributed by atoms with van der Waals surface area (Å²) < 4.78 is 1.89. The first-order valence-corrected chi connectivity index (χ1v) is 8.41. The molecule has 0 aliphatic carbocycles. The number of nitrogens with zero attached hydrogens (tertiary/aromatic N) is 5. The van der Waals surface area contributed by atoms with Gasteiger partial charge in [0.1, 0.15) is 5.82 Å². The minimum Gasteiger partial charge on any atom is -0.357 e. The Labute approximate surface area is 138 Å². The smallest absolute Gasteiger partial charge is 0.128 e. The van der Waals surface area contributed by atoms with Crippen LogP contribution in [0, 0.1) is 0 Å². The summed E-state index contributed by atoms with van der Waals surface area (Å²) in [6.07, 6.45) is 7.39. The van der Waals surface area contributed by atoms with Crippen molar-refractivity contribution in [2.75, 3.05) is 25.0 Å². The first-order valence-electron chi connectivity index (χ1n) is 8.41. The molecule has 5 heteroatoms. The standard InChI is InChI=1S/C18H27N5/c1-14(2)22(4)18-6-5-15(9-19-18)11-23-8-7-16(13-23)17-10-20-21(3)12-17/h5-6,9-10,12,14,16H,7-8,11,13H2,1-4H3/t16-/m1/s1. The minimum absolute atomic E-state index is 0.465. The van der Waals surface area contributed by atoms with Gasteiger partial charge in [0.15, 0.2) is 0 Å². The van der Waals surface area contributed by atoms with E-state index in [1.165, 1.54) is 17.5 Å². The number of hydrogen-bond acceptors (Lipinski definition) is 4. The monoisotopic (exact) mass is 313 g/mol. The maximum Gasteiger partial charge on any atom is 0.128 e. The fraction of sp³-hybridized carbons (Fsp3) is 0.556. The first kappa shape index (κ1) is 16.0. The summed E-state index contributed by atoms with van der Waals surface area (Å²) in [5, 5.41) is 4.29. The zero-order valence-corrected chi connectivity index (χ0v) is 14.6. The van der Waals surface area contributed by atoms with Gasteiger partial charge in [0, 0.05) is 51.5 Å². The predicted octanol–water partition coefficient (Wildman–Crippen LogP) is 2.65. The van der Waals surface area contributed by atoms with Crippen molar-refractivity contribution in [3.63, 3.8) is 0 Å². The molecule has 1 saturated heterocycles. The van der Waals surface area contributed by atoms with E-state index in [9.17, 15) is 0 Å². The summed E-state index contributed by atoms with van der Waals surface area (Å²) in [5.41, 5.74) is 2.65. The van der Waals surface area contributed by atoms with Gasteiger partial charge in [-0.25, -0.2) is 4.98 Å². The topological polar surface area (TPSA) is 37.2 Å². The third-order valence-corrected chi connectivity index (χ3v) is 4.82. The lowest BCUT2D eigenvalue weighted by atomic mass is 10.0. The molecule has 0 radical (unpaired) electrons. The van der Waals surface area contributed by atoms with Crippen LogP contribution in [0.25, 0.3) is 0 Å². The number of aromatic nitrogens is 3. The first-order chi connectivity index (χ1) is 11.0. The Morgan fingerprint density at radius 3 is 2.74 bits per heavy atom. The lowest BCUT2D eigenvalue weighted by Gasteiger charge is -2.23. The van der Waals surface area contributed by atoms with Crippen LogP contribution in [0.15, 0.2) is 30.7 Å². The van der Waals surface area contributed by atoms with Gasteiger partial charge in [-0.15, -0.1) is 0 Å². The molecule has 2 aromatic heterocycles. The van der Waals surface area contributed by atoms with Gasteiger partial charge < -0.3 is 4.90 Å². The molecule has 3 rings (SSSR count). The number of anilines is 1. The molecular formula is C18H27N5. The van der Waals surface area contributed by atoms with Gasteiger partial charge >= 0.3 is 0 Å². The van der Waals surface area contributed by atoms with Gasteiger partial charge in [-0.3, -0.25) is 9.58 Å². The number of aryl methyl sites for hydroxylation is 1. The Hall–Kier alpha value is -1.88.